The Balaban J connectivity index is 1.97. The van der Waals surface area contributed by atoms with Crippen LogP contribution in [0.2, 0.25) is 0 Å². The lowest BCUT2D eigenvalue weighted by molar-refractivity contribution is 0.0904. The van der Waals surface area contributed by atoms with E-state index in [1.165, 1.54) is 24.8 Å². The fourth-order valence-electron chi connectivity index (χ4n) is 1.51. The molecule has 0 saturated carbocycles. The summed E-state index contributed by atoms with van der Waals surface area (Å²) in [7, 11) is 0. The van der Waals surface area contributed by atoms with Gasteiger partial charge in [-0.1, -0.05) is 0 Å². The highest BCUT2D eigenvalue weighted by Gasteiger charge is 2.16. The average molecular weight is 248 g/mol. The SMILES string of the molecule is Nn1ccnc1C(=O)CCC(=O)c1nccn1N. The molecule has 8 heteroatoms. The van der Waals surface area contributed by atoms with E-state index in [1.54, 1.807) is 0 Å². The summed E-state index contributed by atoms with van der Waals surface area (Å²) in [5.74, 6) is 10.6. The minimum absolute atomic E-state index is 0.0138. The van der Waals surface area contributed by atoms with E-state index in [2.05, 4.69) is 9.97 Å². The Morgan fingerprint density at radius 1 is 0.944 bits per heavy atom. The predicted octanol–water partition coefficient (Wildman–Crippen LogP) is -0.647. The minimum Gasteiger partial charge on any atom is -0.338 e. The molecule has 0 radical (unpaired) electrons. The Morgan fingerprint density at radius 2 is 1.33 bits per heavy atom. The summed E-state index contributed by atoms with van der Waals surface area (Å²) in [4.78, 5) is 31.0. The third-order valence-corrected chi connectivity index (χ3v) is 2.42. The number of imidazole rings is 2. The van der Waals surface area contributed by atoms with E-state index in [0.29, 0.717) is 0 Å². The van der Waals surface area contributed by atoms with Gasteiger partial charge in [-0.05, 0) is 0 Å². The highest BCUT2D eigenvalue weighted by molar-refractivity contribution is 5.99. The third-order valence-electron chi connectivity index (χ3n) is 2.42. The molecule has 18 heavy (non-hydrogen) atoms. The maximum Gasteiger partial charge on any atom is 0.200 e. The van der Waals surface area contributed by atoms with Crippen LogP contribution in [0.3, 0.4) is 0 Å². The molecule has 8 nitrogen and oxygen atoms in total. The Bertz CT molecular complexity index is 532. The Hall–Kier alpha value is -2.64. The first kappa shape index (κ1) is 11.8. The van der Waals surface area contributed by atoms with E-state index >= 15 is 0 Å². The van der Waals surface area contributed by atoms with Crippen LogP contribution in [0.15, 0.2) is 24.8 Å². The van der Waals surface area contributed by atoms with Crippen molar-refractivity contribution in [3.63, 3.8) is 0 Å². The van der Waals surface area contributed by atoms with Crippen LogP contribution in [0.4, 0.5) is 0 Å². The summed E-state index contributed by atoms with van der Waals surface area (Å²) in [6.07, 6.45) is 5.78. The number of hydrogen-bond donors (Lipinski definition) is 2. The van der Waals surface area contributed by atoms with Gasteiger partial charge in [-0.25, -0.2) is 19.3 Å². The standard InChI is InChI=1S/C10H12N6O2/c11-15-5-3-13-9(15)7(17)1-2-8(18)10-14-4-6-16(10)12/h3-6H,1-2,11-12H2. The molecule has 0 saturated heterocycles. The van der Waals surface area contributed by atoms with Crippen LogP contribution in [0, 0.1) is 0 Å². The summed E-state index contributed by atoms with van der Waals surface area (Å²) in [5.41, 5.74) is 0. The van der Waals surface area contributed by atoms with Crippen molar-refractivity contribution in [3.8, 4) is 0 Å². The van der Waals surface area contributed by atoms with Crippen LogP contribution in [0.1, 0.15) is 34.1 Å². The van der Waals surface area contributed by atoms with Gasteiger partial charge in [-0.2, -0.15) is 0 Å². The van der Waals surface area contributed by atoms with Crippen molar-refractivity contribution in [2.24, 2.45) is 0 Å². The smallest absolute Gasteiger partial charge is 0.200 e. The van der Waals surface area contributed by atoms with Gasteiger partial charge in [0, 0.05) is 37.6 Å². The lowest BCUT2D eigenvalue weighted by Gasteiger charge is -2.01. The summed E-state index contributed by atoms with van der Waals surface area (Å²) >= 11 is 0. The second kappa shape index (κ2) is 4.70. The zero-order valence-electron chi connectivity index (χ0n) is 9.48. The van der Waals surface area contributed by atoms with Crippen molar-refractivity contribution < 1.29 is 9.59 Å². The van der Waals surface area contributed by atoms with Crippen molar-refractivity contribution >= 4 is 11.6 Å². The van der Waals surface area contributed by atoms with Crippen molar-refractivity contribution in [1.29, 1.82) is 0 Å². The molecule has 0 atom stereocenters. The van der Waals surface area contributed by atoms with E-state index in [0.717, 1.165) is 9.35 Å². The van der Waals surface area contributed by atoms with E-state index in [-0.39, 0.29) is 36.1 Å². The third kappa shape index (κ3) is 2.21. The fourth-order valence-corrected chi connectivity index (χ4v) is 1.51. The number of hydrogen-bond acceptors (Lipinski definition) is 6. The zero-order chi connectivity index (χ0) is 13.1. The molecule has 0 fully saturated rings. The number of carbonyl (C=O) groups excluding carboxylic acids is 2. The Labute approximate surface area is 102 Å². The first-order chi connectivity index (χ1) is 8.59. The van der Waals surface area contributed by atoms with E-state index in [9.17, 15) is 9.59 Å². The van der Waals surface area contributed by atoms with Crippen molar-refractivity contribution in [2.75, 3.05) is 11.7 Å². The van der Waals surface area contributed by atoms with E-state index in [4.69, 9.17) is 11.7 Å². The van der Waals surface area contributed by atoms with E-state index < -0.39 is 0 Å². The molecule has 2 heterocycles. The molecule has 0 aliphatic rings. The van der Waals surface area contributed by atoms with Crippen molar-refractivity contribution in [2.45, 2.75) is 12.8 Å². The van der Waals surface area contributed by atoms with Gasteiger partial charge < -0.3 is 11.7 Å². The van der Waals surface area contributed by atoms with Crippen molar-refractivity contribution in [1.82, 2.24) is 19.3 Å². The Kier molecular flexibility index (Phi) is 3.09. The number of Topliss-reactive ketones (excluding diaryl/α,β-unsaturated/α-hetero) is 2. The van der Waals surface area contributed by atoms with Crippen LogP contribution in [-0.4, -0.2) is 30.9 Å². The van der Waals surface area contributed by atoms with Gasteiger partial charge in [0.1, 0.15) is 0 Å². The molecule has 2 rings (SSSR count). The number of carbonyl (C=O) groups is 2. The first-order valence-corrected chi connectivity index (χ1v) is 5.23. The van der Waals surface area contributed by atoms with Gasteiger partial charge in [-0.15, -0.1) is 0 Å². The van der Waals surface area contributed by atoms with Gasteiger partial charge in [0.05, 0.1) is 0 Å². The second-order valence-electron chi connectivity index (χ2n) is 3.66. The molecular formula is C10H12N6O2. The Morgan fingerprint density at radius 3 is 1.61 bits per heavy atom. The fraction of sp³-hybridized carbons (Fsp3) is 0.200. The molecular weight excluding hydrogens is 236 g/mol. The van der Waals surface area contributed by atoms with Crippen molar-refractivity contribution in [3.05, 3.63) is 36.4 Å². The summed E-state index contributed by atoms with van der Waals surface area (Å²) in [6, 6.07) is 0. The molecule has 0 aromatic carbocycles. The molecule has 4 N–H and O–H groups in total. The number of aromatic nitrogens is 4. The summed E-state index contributed by atoms with van der Waals surface area (Å²) in [5, 5.41) is 0. The molecule has 2 aromatic rings. The largest absolute Gasteiger partial charge is 0.338 e. The molecule has 0 bridgehead atoms. The highest BCUT2D eigenvalue weighted by Crippen LogP contribution is 2.05. The lowest BCUT2D eigenvalue weighted by atomic mass is 10.1. The van der Waals surface area contributed by atoms with Gasteiger partial charge >= 0.3 is 0 Å². The van der Waals surface area contributed by atoms with Gasteiger partial charge in [0.15, 0.2) is 23.2 Å². The summed E-state index contributed by atoms with van der Waals surface area (Å²) in [6.45, 7) is 0. The van der Waals surface area contributed by atoms with Crippen LogP contribution >= 0.6 is 0 Å². The maximum atomic E-state index is 11.7. The molecule has 0 aliphatic carbocycles. The van der Waals surface area contributed by atoms with Crippen LogP contribution in [-0.2, 0) is 0 Å². The lowest BCUT2D eigenvalue weighted by Crippen LogP contribution is -2.19. The number of ketones is 2. The molecule has 2 aromatic heterocycles. The molecule has 0 spiro atoms. The maximum absolute atomic E-state index is 11.7. The highest BCUT2D eigenvalue weighted by atomic mass is 16.1. The molecule has 0 aliphatic heterocycles. The van der Waals surface area contributed by atoms with E-state index in [1.807, 2.05) is 0 Å². The summed E-state index contributed by atoms with van der Waals surface area (Å²) < 4.78 is 2.24. The molecule has 0 amide bonds. The molecule has 94 valence electrons. The number of nitrogens with two attached hydrogens (primary N) is 2. The van der Waals surface area contributed by atoms with Crippen LogP contribution in [0.25, 0.3) is 0 Å². The number of nitrogen functional groups attached to an aromatic ring is 2. The second-order valence-corrected chi connectivity index (χ2v) is 3.66. The normalized spacial score (nSPS) is 10.4. The first-order valence-electron chi connectivity index (χ1n) is 5.23. The minimum atomic E-state index is -0.300. The number of nitrogens with zero attached hydrogens (tertiary/aromatic N) is 4. The predicted molar refractivity (Wildman–Crippen MR) is 62.6 cm³/mol. The van der Waals surface area contributed by atoms with Gasteiger partial charge in [0.25, 0.3) is 0 Å². The average Bonchev–Trinajstić information content (AvgIpc) is 2.94. The molecule has 0 unspecified atom stereocenters. The zero-order valence-corrected chi connectivity index (χ0v) is 9.48. The van der Waals surface area contributed by atoms with Gasteiger partial charge in [0.2, 0.25) is 0 Å². The number of rotatable bonds is 5. The van der Waals surface area contributed by atoms with Crippen LogP contribution < -0.4 is 11.7 Å². The van der Waals surface area contributed by atoms with Crippen LogP contribution in [0.5, 0.6) is 0 Å². The quantitative estimate of drug-likeness (QED) is 0.535. The monoisotopic (exact) mass is 248 g/mol. The topological polar surface area (TPSA) is 122 Å². The van der Waals surface area contributed by atoms with Gasteiger partial charge in [-0.3, -0.25) is 9.59 Å².